The van der Waals surface area contributed by atoms with Crippen molar-refractivity contribution in [3.8, 4) is 5.75 Å². The summed E-state index contributed by atoms with van der Waals surface area (Å²) in [6.07, 6.45) is 1.79. The van der Waals surface area contributed by atoms with E-state index in [1.165, 1.54) is 0 Å². The number of fused-ring (bicyclic) bond motifs is 1. The summed E-state index contributed by atoms with van der Waals surface area (Å²) < 4.78 is 7.49. The third-order valence-electron chi connectivity index (χ3n) is 5.09. The number of carbonyl (C=O) groups excluding carboxylic acids is 1. The van der Waals surface area contributed by atoms with Crippen molar-refractivity contribution in [2.45, 2.75) is 46.4 Å². The number of carbonyl (C=O) groups is 1. The van der Waals surface area contributed by atoms with Gasteiger partial charge in [0.05, 0.1) is 32.4 Å². The van der Waals surface area contributed by atoms with Gasteiger partial charge in [-0.2, -0.15) is 0 Å². The van der Waals surface area contributed by atoms with E-state index < -0.39 is 0 Å². The Morgan fingerprint density at radius 2 is 2.08 bits per heavy atom. The van der Waals surface area contributed by atoms with Gasteiger partial charge in [-0.3, -0.25) is 14.7 Å². The molecule has 1 aliphatic heterocycles. The van der Waals surface area contributed by atoms with Gasteiger partial charge in [0.2, 0.25) is 5.91 Å². The molecule has 3 rings (SSSR count). The van der Waals surface area contributed by atoms with Crippen molar-refractivity contribution in [3.63, 3.8) is 0 Å². The van der Waals surface area contributed by atoms with Crippen LogP contribution in [0, 0.1) is 20.8 Å². The Morgan fingerprint density at radius 3 is 2.77 bits per heavy atom. The largest absolute Gasteiger partial charge is 0.496 e. The fourth-order valence-electron chi connectivity index (χ4n) is 3.48. The molecule has 3 heterocycles. The number of rotatable bonds is 4. The van der Waals surface area contributed by atoms with Crippen LogP contribution in [0.1, 0.15) is 28.5 Å². The smallest absolute Gasteiger partial charge is 0.241 e. The molecule has 8 nitrogen and oxygen atoms in total. The fraction of sp³-hybridized carbons (Fsp3) is 0.556. The van der Waals surface area contributed by atoms with E-state index >= 15 is 0 Å². The summed E-state index contributed by atoms with van der Waals surface area (Å²) in [5.74, 6) is 2.63. The highest BCUT2D eigenvalue weighted by Gasteiger charge is 2.33. The van der Waals surface area contributed by atoms with Crippen LogP contribution in [0.4, 0.5) is 0 Å². The monoisotopic (exact) mass is 358 g/mol. The topological polar surface area (TPSA) is 76.4 Å². The van der Waals surface area contributed by atoms with E-state index in [1.807, 2.05) is 44.3 Å². The second-order valence-corrected chi connectivity index (χ2v) is 6.95. The Kier molecular flexibility index (Phi) is 4.95. The molecule has 0 aliphatic carbocycles. The molecule has 0 N–H and O–H groups in total. The van der Waals surface area contributed by atoms with Gasteiger partial charge in [0.1, 0.15) is 23.4 Å². The molecule has 0 saturated carbocycles. The maximum atomic E-state index is 13.1. The van der Waals surface area contributed by atoms with Gasteiger partial charge in [-0.15, -0.1) is 10.2 Å². The lowest BCUT2D eigenvalue weighted by molar-refractivity contribution is -0.137. The van der Waals surface area contributed by atoms with E-state index in [1.54, 1.807) is 18.2 Å². The van der Waals surface area contributed by atoms with Crippen LogP contribution >= 0.6 is 0 Å². The van der Waals surface area contributed by atoms with Gasteiger partial charge < -0.3 is 14.2 Å². The summed E-state index contributed by atoms with van der Waals surface area (Å²) in [6.45, 7) is 7.48. The zero-order valence-corrected chi connectivity index (χ0v) is 16.3. The van der Waals surface area contributed by atoms with E-state index in [-0.39, 0.29) is 11.9 Å². The van der Waals surface area contributed by atoms with E-state index in [4.69, 9.17) is 4.74 Å². The Morgan fingerprint density at radius 1 is 1.35 bits per heavy atom. The zero-order chi connectivity index (χ0) is 19.0. The first-order valence-corrected chi connectivity index (χ1v) is 8.66. The molecule has 0 radical (unpaired) electrons. The van der Waals surface area contributed by atoms with Gasteiger partial charge in [0.25, 0.3) is 0 Å². The highest BCUT2D eigenvalue weighted by molar-refractivity contribution is 5.81. The van der Waals surface area contributed by atoms with E-state index in [9.17, 15) is 4.79 Å². The highest BCUT2D eigenvalue weighted by Crippen LogP contribution is 2.25. The number of pyridine rings is 1. The average Bonchev–Trinajstić information content (AvgIpc) is 2.96. The van der Waals surface area contributed by atoms with Crippen LogP contribution < -0.4 is 4.74 Å². The van der Waals surface area contributed by atoms with Crippen LogP contribution in [-0.2, 0) is 24.4 Å². The number of likely N-dealkylation sites (N-methyl/N-ethyl adjacent to an activating group) is 2. The number of aromatic nitrogens is 4. The Balaban J connectivity index is 1.77. The van der Waals surface area contributed by atoms with Crippen molar-refractivity contribution >= 4 is 5.91 Å². The fourth-order valence-corrected chi connectivity index (χ4v) is 3.48. The summed E-state index contributed by atoms with van der Waals surface area (Å²) in [5, 5.41) is 8.29. The molecule has 140 valence electrons. The van der Waals surface area contributed by atoms with Crippen molar-refractivity contribution in [2.75, 3.05) is 21.2 Å². The maximum Gasteiger partial charge on any atom is 0.241 e. The number of amides is 1. The zero-order valence-electron chi connectivity index (χ0n) is 16.3. The normalized spacial score (nSPS) is 17.1. The highest BCUT2D eigenvalue weighted by atomic mass is 16.5. The molecular weight excluding hydrogens is 332 g/mol. The summed E-state index contributed by atoms with van der Waals surface area (Å²) in [7, 11) is 5.42. The molecular formula is C18H26N6O2. The standard InChI is InChI=1S/C18H26N6O2/c1-11-7-19-14(12(2)17(11)26-6)8-23(5)18(25)15-9-24-13(3)20-21-16(24)10-22(15)4/h7,15H,8-10H2,1-6H3. The van der Waals surface area contributed by atoms with Crippen LogP contribution in [0.3, 0.4) is 0 Å². The van der Waals surface area contributed by atoms with Gasteiger partial charge >= 0.3 is 0 Å². The maximum absolute atomic E-state index is 13.1. The number of nitrogens with zero attached hydrogens (tertiary/aromatic N) is 6. The second kappa shape index (κ2) is 7.03. The first kappa shape index (κ1) is 18.3. The Hall–Kier alpha value is -2.48. The van der Waals surface area contributed by atoms with Crippen molar-refractivity contribution in [1.29, 1.82) is 0 Å². The molecule has 8 heteroatoms. The minimum absolute atomic E-state index is 0.0620. The minimum atomic E-state index is -0.241. The molecule has 1 aliphatic rings. The molecule has 1 amide bonds. The molecule has 0 saturated heterocycles. The third-order valence-corrected chi connectivity index (χ3v) is 5.09. The van der Waals surface area contributed by atoms with Crippen LogP contribution in [0.15, 0.2) is 6.20 Å². The first-order valence-electron chi connectivity index (χ1n) is 8.66. The number of hydrogen-bond donors (Lipinski definition) is 0. The first-order chi connectivity index (χ1) is 12.3. The van der Waals surface area contributed by atoms with Crippen molar-refractivity contribution < 1.29 is 9.53 Å². The van der Waals surface area contributed by atoms with Crippen LogP contribution in [-0.4, -0.2) is 62.7 Å². The van der Waals surface area contributed by atoms with Gasteiger partial charge in [0.15, 0.2) is 0 Å². The van der Waals surface area contributed by atoms with Crippen LogP contribution in [0.2, 0.25) is 0 Å². The van der Waals surface area contributed by atoms with E-state index in [0.717, 1.165) is 34.2 Å². The number of methoxy groups -OCH3 is 1. The molecule has 26 heavy (non-hydrogen) atoms. The molecule has 2 aromatic rings. The van der Waals surface area contributed by atoms with Gasteiger partial charge in [-0.05, 0) is 27.8 Å². The van der Waals surface area contributed by atoms with Gasteiger partial charge in [-0.1, -0.05) is 0 Å². The number of ether oxygens (including phenoxy) is 1. The number of hydrogen-bond acceptors (Lipinski definition) is 6. The van der Waals surface area contributed by atoms with Crippen LogP contribution in [0.5, 0.6) is 5.75 Å². The van der Waals surface area contributed by atoms with Crippen molar-refractivity contribution in [2.24, 2.45) is 0 Å². The summed E-state index contributed by atoms with van der Waals surface area (Å²) >= 11 is 0. The minimum Gasteiger partial charge on any atom is -0.496 e. The SMILES string of the molecule is COc1c(C)cnc(CN(C)C(=O)C2Cn3c(C)nnc3CN2C)c1C. The second-order valence-electron chi connectivity index (χ2n) is 6.95. The lowest BCUT2D eigenvalue weighted by Gasteiger charge is -2.34. The predicted octanol–water partition coefficient (Wildman–Crippen LogP) is 1.08. The molecule has 0 bridgehead atoms. The molecule has 0 aromatic carbocycles. The molecule has 0 spiro atoms. The lowest BCUT2D eigenvalue weighted by Crippen LogP contribution is -2.50. The van der Waals surface area contributed by atoms with E-state index in [2.05, 4.69) is 15.2 Å². The lowest BCUT2D eigenvalue weighted by atomic mass is 10.1. The van der Waals surface area contributed by atoms with Crippen LogP contribution in [0.25, 0.3) is 0 Å². The quantitative estimate of drug-likeness (QED) is 0.814. The number of aryl methyl sites for hydroxylation is 2. The Bertz CT molecular complexity index is 831. The van der Waals surface area contributed by atoms with E-state index in [0.29, 0.717) is 19.6 Å². The van der Waals surface area contributed by atoms with Crippen molar-refractivity contribution in [1.82, 2.24) is 29.5 Å². The summed E-state index contributed by atoms with van der Waals surface area (Å²) in [6, 6.07) is -0.241. The summed E-state index contributed by atoms with van der Waals surface area (Å²) in [4.78, 5) is 21.3. The Labute approximate surface area is 153 Å². The summed E-state index contributed by atoms with van der Waals surface area (Å²) in [5.41, 5.74) is 2.81. The van der Waals surface area contributed by atoms with Crippen molar-refractivity contribution in [3.05, 3.63) is 34.7 Å². The van der Waals surface area contributed by atoms with Gasteiger partial charge in [0, 0.05) is 24.4 Å². The molecule has 1 unspecified atom stereocenters. The average molecular weight is 358 g/mol. The predicted molar refractivity (Wildman–Crippen MR) is 96.8 cm³/mol. The van der Waals surface area contributed by atoms with Gasteiger partial charge in [-0.25, -0.2) is 0 Å². The molecule has 0 fully saturated rings. The third kappa shape index (κ3) is 3.16. The molecule has 2 aromatic heterocycles. The molecule has 1 atom stereocenters.